The zero-order chi connectivity index (χ0) is 18.4. The van der Waals surface area contributed by atoms with Crippen molar-refractivity contribution < 1.29 is 13.5 Å². The summed E-state index contributed by atoms with van der Waals surface area (Å²) in [5.41, 5.74) is 2.01. The number of hydrogen-bond acceptors (Lipinski definition) is 4. The van der Waals surface area contributed by atoms with E-state index < -0.39 is 10.0 Å². The van der Waals surface area contributed by atoms with Crippen molar-refractivity contribution in [1.29, 1.82) is 0 Å². The first kappa shape index (κ1) is 18.3. The summed E-state index contributed by atoms with van der Waals surface area (Å²) in [4.78, 5) is 2.36. The van der Waals surface area contributed by atoms with Gasteiger partial charge in [0.2, 0.25) is 10.0 Å². The molecule has 1 aromatic carbocycles. The first-order valence-electron chi connectivity index (χ1n) is 9.88. The van der Waals surface area contributed by atoms with Gasteiger partial charge in [0, 0.05) is 18.3 Å². The molecule has 0 spiro atoms. The molecule has 2 saturated carbocycles. The molecule has 3 unspecified atom stereocenters. The van der Waals surface area contributed by atoms with Crippen LogP contribution in [0.5, 0.6) is 0 Å². The Kier molecular flexibility index (Phi) is 4.78. The number of sulfonamides is 1. The zero-order valence-electron chi connectivity index (χ0n) is 15.5. The molecule has 2 bridgehead atoms. The van der Waals surface area contributed by atoms with Crippen molar-refractivity contribution in [3.63, 3.8) is 0 Å². The number of likely N-dealkylation sites (tertiary alicyclic amines) is 1. The van der Waals surface area contributed by atoms with Crippen molar-refractivity contribution in [2.24, 2.45) is 5.92 Å². The van der Waals surface area contributed by atoms with Gasteiger partial charge >= 0.3 is 0 Å². The van der Waals surface area contributed by atoms with E-state index in [0.717, 1.165) is 45.1 Å². The van der Waals surface area contributed by atoms with Crippen molar-refractivity contribution in [2.75, 3.05) is 17.5 Å². The molecule has 1 heterocycles. The molecule has 1 saturated heterocycles. The molecule has 1 aromatic rings. The Hall–Kier alpha value is -1.11. The van der Waals surface area contributed by atoms with Gasteiger partial charge in [-0.2, -0.15) is 0 Å². The lowest BCUT2D eigenvalue weighted by atomic mass is 9.63. The van der Waals surface area contributed by atoms with Gasteiger partial charge in [-0.3, -0.25) is 9.62 Å². The van der Waals surface area contributed by atoms with Crippen LogP contribution in [0.4, 0.5) is 5.69 Å². The van der Waals surface area contributed by atoms with Gasteiger partial charge in [-0.1, -0.05) is 25.0 Å². The Morgan fingerprint density at radius 1 is 1.23 bits per heavy atom. The predicted molar refractivity (Wildman–Crippen MR) is 104 cm³/mol. The summed E-state index contributed by atoms with van der Waals surface area (Å²) in [6, 6.07) is 8.38. The Labute approximate surface area is 156 Å². The minimum atomic E-state index is -3.27. The number of fused-ring (bicyclic) bond motifs is 2. The van der Waals surface area contributed by atoms with Crippen LogP contribution in [0.2, 0.25) is 0 Å². The highest BCUT2D eigenvalue weighted by Gasteiger charge is 2.46. The van der Waals surface area contributed by atoms with E-state index in [1.54, 1.807) is 0 Å². The maximum absolute atomic E-state index is 11.6. The van der Waals surface area contributed by atoms with Crippen LogP contribution in [-0.2, 0) is 15.4 Å². The van der Waals surface area contributed by atoms with Crippen molar-refractivity contribution in [1.82, 2.24) is 4.90 Å². The highest BCUT2D eigenvalue weighted by molar-refractivity contribution is 7.92. The number of benzene rings is 1. The molecule has 3 atom stereocenters. The molecule has 2 N–H and O–H groups in total. The lowest BCUT2D eigenvalue weighted by Crippen LogP contribution is -2.57. The van der Waals surface area contributed by atoms with E-state index in [2.05, 4.69) is 15.7 Å². The largest absolute Gasteiger partial charge is 0.378 e. The predicted octanol–water partition coefficient (Wildman–Crippen LogP) is 3.06. The maximum Gasteiger partial charge on any atom is 0.229 e. The molecule has 2 aliphatic carbocycles. The molecular weight excluding hydrogens is 348 g/mol. The molecule has 3 fully saturated rings. The molecule has 0 amide bonds. The van der Waals surface area contributed by atoms with Crippen LogP contribution >= 0.6 is 0 Å². The second-order valence-corrected chi connectivity index (χ2v) is 10.3. The molecule has 3 aliphatic rings. The quantitative estimate of drug-likeness (QED) is 0.826. The van der Waals surface area contributed by atoms with Gasteiger partial charge in [0.15, 0.2) is 0 Å². The van der Waals surface area contributed by atoms with E-state index in [9.17, 15) is 13.5 Å². The van der Waals surface area contributed by atoms with E-state index in [1.165, 1.54) is 24.7 Å². The molecule has 5 nitrogen and oxygen atoms in total. The third-order valence-corrected chi connectivity index (χ3v) is 7.43. The van der Waals surface area contributed by atoms with Gasteiger partial charge < -0.3 is 5.11 Å². The first-order valence-corrected chi connectivity index (χ1v) is 11.8. The molecule has 4 rings (SSSR count). The highest BCUT2D eigenvalue weighted by atomic mass is 32.2. The van der Waals surface area contributed by atoms with Crippen LogP contribution in [0.3, 0.4) is 0 Å². The van der Waals surface area contributed by atoms with E-state index in [4.69, 9.17) is 0 Å². The fourth-order valence-corrected chi connectivity index (χ4v) is 5.81. The first-order chi connectivity index (χ1) is 12.4. The minimum Gasteiger partial charge on any atom is -0.378 e. The van der Waals surface area contributed by atoms with Gasteiger partial charge in [-0.25, -0.2) is 8.42 Å². The van der Waals surface area contributed by atoms with Crippen LogP contribution in [-0.4, -0.2) is 43.5 Å². The third-order valence-electron chi connectivity index (χ3n) is 6.83. The van der Waals surface area contributed by atoms with Gasteiger partial charge in [-0.15, -0.1) is 0 Å². The van der Waals surface area contributed by atoms with Crippen LogP contribution in [0.1, 0.15) is 56.9 Å². The Balaban J connectivity index is 1.55. The molecule has 144 valence electrons. The van der Waals surface area contributed by atoms with Gasteiger partial charge in [0.05, 0.1) is 6.26 Å². The smallest absolute Gasteiger partial charge is 0.229 e. The lowest BCUT2D eigenvalue weighted by Gasteiger charge is -2.53. The Morgan fingerprint density at radius 3 is 2.73 bits per heavy atom. The van der Waals surface area contributed by atoms with Gasteiger partial charge in [0.25, 0.3) is 0 Å². The Morgan fingerprint density at radius 2 is 2.04 bits per heavy atom. The number of piperidine rings is 1. The van der Waals surface area contributed by atoms with Gasteiger partial charge in [0.1, 0.15) is 6.23 Å². The number of rotatable bonds is 5. The zero-order valence-corrected chi connectivity index (χ0v) is 16.3. The van der Waals surface area contributed by atoms with Crippen molar-refractivity contribution in [3.8, 4) is 0 Å². The molecule has 0 radical (unpaired) electrons. The topological polar surface area (TPSA) is 69.6 Å². The number of nitrogens with zero attached hydrogens (tertiary/aromatic N) is 1. The summed E-state index contributed by atoms with van der Waals surface area (Å²) in [5, 5.41) is 10.8. The standard InChI is InChI=1S/C20H30N2O3S/c1-26(24,25)21-17-8-3-7-16(13-17)20-10-4-9-18(14-20)22(12-11-20)19(23)15-5-2-6-15/h3,7-8,13,15,18-19,21,23H,2,4-6,9-12,14H2,1H3. The maximum atomic E-state index is 11.6. The normalized spacial score (nSPS) is 31.2. The monoisotopic (exact) mass is 378 g/mol. The van der Waals surface area contributed by atoms with E-state index in [-0.39, 0.29) is 11.6 Å². The summed E-state index contributed by atoms with van der Waals surface area (Å²) in [6.45, 7) is 0.937. The van der Waals surface area contributed by atoms with Crippen LogP contribution in [0.25, 0.3) is 0 Å². The van der Waals surface area contributed by atoms with Crippen LogP contribution in [0.15, 0.2) is 24.3 Å². The number of aliphatic hydroxyl groups is 1. The van der Waals surface area contributed by atoms with Crippen LogP contribution in [0, 0.1) is 5.92 Å². The summed E-state index contributed by atoms with van der Waals surface area (Å²) < 4.78 is 25.8. The SMILES string of the molecule is CS(=O)(=O)Nc1cccc(C23CCCC(C2)N(C(O)C2CCC2)CC3)c1. The molecule has 6 heteroatoms. The fourth-order valence-electron chi connectivity index (χ4n) is 5.26. The number of hydrogen-bond donors (Lipinski definition) is 2. The highest BCUT2D eigenvalue weighted by Crippen LogP contribution is 2.48. The van der Waals surface area contributed by atoms with Crippen molar-refractivity contribution in [2.45, 2.75) is 69.1 Å². The van der Waals surface area contributed by atoms with E-state index in [1.807, 2.05) is 18.2 Å². The van der Waals surface area contributed by atoms with Gasteiger partial charge in [-0.05, 0) is 67.6 Å². The molecule has 0 aromatic heterocycles. The van der Waals surface area contributed by atoms with E-state index in [0.29, 0.717) is 17.6 Å². The summed E-state index contributed by atoms with van der Waals surface area (Å²) in [5.74, 6) is 0.465. The number of anilines is 1. The summed E-state index contributed by atoms with van der Waals surface area (Å²) in [7, 11) is -3.27. The second-order valence-electron chi connectivity index (χ2n) is 8.58. The van der Waals surface area contributed by atoms with Crippen LogP contribution < -0.4 is 4.72 Å². The third kappa shape index (κ3) is 3.51. The lowest BCUT2D eigenvalue weighted by molar-refractivity contribution is -0.115. The minimum absolute atomic E-state index is 0.119. The fraction of sp³-hybridized carbons (Fsp3) is 0.700. The summed E-state index contributed by atoms with van der Waals surface area (Å²) >= 11 is 0. The average Bonchev–Trinajstić information content (AvgIpc) is 2.52. The molecule has 26 heavy (non-hydrogen) atoms. The van der Waals surface area contributed by atoms with Crippen molar-refractivity contribution in [3.05, 3.63) is 29.8 Å². The number of nitrogens with one attached hydrogen (secondary N) is 1. The molecule has 1 aliphatic heterocycles. The average molecular weight is 379 g/mol. The van der Waals surface area contributed by atoms with E-state index >= 15 is 0 Å². The number of aliphatic hydroxyl groups excluding tert-OH is 1. The summed E-state index contributed by atoms with van der Waals surface area (Å²) in [6.07, 6.45) is 10.1. The molecular formula is C20H30N2O3S. The second kappa shape index (κ2) is 6.80. The Bertz CT molecular complexity index is 762. The van der Waals surface area contributed by atoms with Crippen molar-refractivity contribution >= 4 is 15.7 Å².